The Kier molecular flexibility index (Phi) is 5.29. The smallest absolute Gasteiger partial charge is 0.247 e. The minimum atomic E-state index is -0.471. The van der Waals surface area contributed by atoms with Crippen molar-refractivity contribution in [2.75, 3.05) is 23.4 Å². The lowest BCUT2D eigenvalue weighted by molar-refractivity contribution is -0.125. The molecule has 1 heterocycles. The van der Waals surface area contributed by atoms with E-state index in [4.69, 9.17) is 4.74 Å². The molecule has 1 atom stereocenters. The molecular formula is C14H18N2O3S. The molecule has 1 aliphatic heterocycles. The Morgan fingerprint density at radius 1 is 1.45 bits per heavy atom. The van der Waals surface area contributed by atoms with Gasteiger partial charge in [0.05, 0.1) is 6.61 Å². The Morgan fingerprint density at radius 2 is 2.20 bits per heavy atom. The first-order chi connectivity index (χ1) is 9.69. The number of ether oxygens (including phenoxy) is 1. The van der Waals surface area contributed by atoms with Crippen LogP contribution in [0.2, 0.25) is 0 Å². The molecule has 20 heavy (non-hydrogen) atoms. The molecule has 1 saturated heterocycles. The number of anilines is 1. The van der Waals surface area contributed by atoms with Crippen molar-refractivity contribution < 1.29 is 14.3 Å². The van der Waals surface area contributed by atoms with Crippen LogP contribution < -0.4 is 15.4 Å². The third-order valence-corrected chi connectivity index (χ3v) is 3.90. The zero-order valence-corrected chi connectivity index (χ0v) is 12.2. The molecule has 0 spiro atoms. The molecule has 0 aromatic heterocycles. The van der Waals surface area contributed by atoms with Gasteiger partial charge in [-0.2, -0.15) is 11.8 Å². The highest BCUT2D eigenvalue weighted by atomic mass is 32.2. The maximum atomic E-state index is 12.1. The predicted molar refractivity (Wildman–Crippen MR) is 80.1 cm³/mol. The van der Waals surface area contributed by atoms with Gasteiger partial charge < -0.3 is 15.4 Å². The molecule has 108 valence electrons. The number of thioether (sulfide) groups is 1. The summed E-state index contributed by atoms with van der Waals surface area (Å²) < 4.78 is 5.34. The number of rotatable bonds is 4. The first-order valence-corrected chi connectivity index (χ1v) is 7.75. The monoisotopic (exact) mass is 294 g/mol. The zero-order valence-electron chi connectivity index (χ0n) is 11.3. The Bertz CT molecular complexity index is 476. The number of carbonyl (C=O) groups excluding carboxylic acids is 2. The summed E-state index contributed by atoms with van der Waals surface area (Å²) in [5.74, 6) is 1.88. The maximum Gasteiger partial charge on any atom is 0.247 e. The summed E-state index contributed by atoms with van der Waals surface area (Å²) in [5, 5.41) is 5.54. The Labute approximate surface area is 122 Å². The van der Waals surface area contributed by atoms with E-state index in [0.717, 1.165) is 11.5 Å². The fraction of sp³-hybridized carbons (Fsp3) is 0.429. The van der Waals surface area contributed by atoms with E-state index in [2.05, 4.69) is 10.6 Å². The Balaban J connectivity index is 1.94. The molecule has 6 heteroatoms. The number of benzene rings is 1. The fourth-order valence-electron chi connectivity index (χ4n) is 1.85. The average molecular weight is 294 g/mol. The summed E-state index contributed by atoms with van der Waals surface area (Å²) in [7, 11) is 0. The van der Waals surface area contributed by atoms with E-state index < -0.39 is 6.04 Å². The lowest BCUT2D eigenvalue weighted by atomic mass is 10.2. The minimum absolute atomic E-state index is 0.0677. The summed E-state index contributed by atoms with van der Waals surface area (Å²) in [4.78, 5) is 23.6. The molecular weight excluding hydrogens is 276 g/mol. The van der Waals surface area contributed by atoms with Crippen LogP contribution >= 0.6 is 11.8 Å². The summed E-state index contributed by atoms with van der Waals surface area (Å²) >= 11 is 1.61. The standard InChI is InChI=1S/C14H18N2O3S/c1-2-19-11-5-3-10(4-6-11)15-14(18)12-9-20-8-7-13(17)16-12/h3-6,12H,2,7-9H2,1H3,(H,15,18)(H,16,17)/t12-/m0/s1. The van der Waals surface area contributed by atoms with Gasteiger partial charge in [0.2, 0.25) is 11.8 Å². The van der Waals surface area contributed by atoms with Crippen LogP contribution in [0.15, 0.2) is 24.3 Å². The lowest BCUT2D eigenvalue weighted by Gasteiger charge is -2.15. The second kappa shape index (κ2) is 7.19. The lowest BCUT2D eigenvalue weighted by Crippen LogP contribution is -2.44. The van der Waals surface area contributed by atoms with Crippen LogP contribution in [-0.4, -0.2) is 36.0 Å². The van der Waals surface area contributed by atoms with E-state index in [1.807, 2.05) is 6.92 Å². The maximum absolute atomic E-state index is 12.1. The molecule has 2 N–H and O–H groups in total. The van der Waals surface area contributed by atoms with Gasteiger partial charge in [0.1, 0.15) is 11.8 Å². The van der Waals surface area contributed by atoms with E-state index in [1.165, 1.54) is 0 Å². The van der Waals surface area contributed by atoms with E-state index in [9.17, 15) is 9.59 Å². The number of carbonyl (C=O) groups is 2. The van der Waals surface area contributed by atoms with Crippen molar-refractivity contribution in [3.8, 4) is 5.75 Å². The number of hydrogen-bond donors (Lipinski definition) is 2. The van der Waals surface area contributed by atoms with Gasteiger partial charge >= 0.3 is 0 Å². The summed E-state index contributed by atoms with van der Waals surface area (Å²) in [6.45, 7) is 2.53. The van der Waals surface area contributed by atoms with Gasteiger partial charge in [-0.05, 0) is 31.2 Å². The molecule has 0 bridgehead atoms. The average Bonchev–Trinajstić information content (AvgIpc) is 2.66. The van der Waals surface area contributed by atoms with Crippen molar-refractivity contribution in [3.05, 3.63) is 24.3 Å². The van der Waals surface area contributed by atoms with Gasteiger partial charge in [0.25, 0.3) is 0 Å². The van der Waals surface area contributed by atoms with E-state index in [1.54, 1.807) is 36.0 Å². The van der Waals surface area contributed by atoms with Crippen molar-refractivity contribution in [1.29, 1.82) is 0 Å². The molecule has 1 fully saturated rings. The summed E-state index contributed by atoms with van der Waals surface area (Å²) in [6.07, 6.45) is 0.470. The van der Waals surface area contributed by atoms with Gasteiger partial charge in [-0.25, -0.2) is 0 Å². The van der Waals surface area contributed by atoms with Gasteiger partial charge in [-0.1, -0.05) is 0 Å². The predicted octanol–water partition coefficient (Wildman–Crippen LogP) is 1.65. The molecule has 0 unspecified atom stereocenters. The number of nitrogens with one attached hydrogen (secondary N) is 2. The van der Waals surface area contributed by atoms with Crippen LogP contribution in [0.25, 0.3) is 0 Å². The fourth-order valence-corrected chi connectivity index (χ4v) is 2.81. The van der Waals surface area contributed by atoms with Crippen molar-refractivity contribution in [2.45, 2.75) is 19.4 Å². The van der Waals surface area contributed by atoms with E-state index in [0.29, 0.717) is 24.5 Å². The third kappa shape index (κ3) is 4.16. The first-order valence-electron chi connectivity index (χ1n) is 6.60. The number of hydrogen-bond acceptors (Lipinski definition) is 4. The normalized spacial score (nSPS) is 18.9. The first kappa shape index (κ1) is 14.7. The Morgan fingerprint density at radius 3 is 2.90 bits per heavy atom. The summed E-state index contributed by atoms with van der Waals surface area (Å²) in [6, 6.07) is 6.71. The van der Waals surface area contributed by atoms with Gasteiger partial charge in [-0.3, -0.25) is 9.59 Å². The van der Waals surface area contributed by atoms with Crippen molar-refractivity contribution in [2.24, 2.45) is 0 Å². The van der Waals surface area contributed by atoms with Crippen LogP contribution in [0.3, 0.4) is 0 Å². The minimum Gasteiger partial charge on any atom is -0.494 e. The highest BCUT2D eigenvalue weighted by Gasteiger charge is 2.23. The SMILES string of the molecule is CCOc1ccc(NC(=O)[C@@H]2CSCCC(=O)N2)cc1. The van der Waals surface area contributed by atoms with Crippen LogP contribution in [-0.2, 0) is 9.59 Å². The molecule has 0 aliphatic carbocycles. The van der Waals surface area contributed by atoms with E-state index >= 15 is 0 Å². The molecule has 2 amide bonds. The molecule has 0 saturated carbocycles. The zero-order chi connectivity index (χ0) is 14.4. The van der Waals surface area contributed by atoms with Crippen LogP contribution in [0, 0.1) is 0 Å². The molecule has 2 rings (SSSR count). The highest BCUT2D eigenvalue weighted by Crippen LogP contribution is 2.17. The topological polar surface area (TPSA) is 67.4 Å². The number of amides is 2. The molecule has 0 radical (unpaired) electrons. The van der Waals surface area contributed by atoms with Crippen LogP contribution in [0.4, 0.5) is 5.69 Å². The highest BCUT2D eigenvalue weighted by molar-refractivity contribution is 7.99. The quantitative estimate of drug-likeness (QED) is 0.886. The van der Waals surface area contributed by atoms with Gasteiger partial charge in [0.15, 0.2) is 0 Å². The largest absolute Gasteiger partial charge is 0.494 e. The van der Waals surface area contributed by atoms with Crippen molar-refractivity contribution >= 4 is 29.3 Å². The second-order valence-corrected chi connectivity index (χ2v) is 5.54. The summed E-state index contributed by atoms with van der Waals surface area (Å²) in [5.41, 5.74) is 0.696. The molecule has 1 aliphatic rings. The van der Waals surface area contributed by atoms with Gasteiger partial charge in [0, 0.05) is 23.6 Å². The molecule has 5 nitrogen and oxygen atoms in total. The second-order valence-electron chi connectivity index (χ2n) is 4.39. The molecule has 1 aromatic rings. The van der Waals surface area contributed by atoms with Crippen molar-refractivity contribution in [3.63, 3.8) is 0 Å². The van der Waals surface area contributed by atoms with Crippen molar-refractivity contribution in [1.82, 2.24) is 5.32 Å². The van der Waals surface area contributed by atoms with Crippen LogP contribution in [0.1, 0.15) is 13.3 Å². The van der Waals surface area contributed by atoms with Gasteiger partial charge in [-0.15, -0.1) is 0 Å². The van der Waals surface area contributed by atoms with E-state index in [-0.39, 0.29) is 11.8 Å². The molecule has 1 aromatic carbocycles. The third-order valence-electron chi connectivity index (χ3n) is 2.84. The Hall–Kier alpha value is -1.69. The van der Waals surface area contributed by atoms with Crippen LogP contribution in [0.5, 0.6) is 5.75 Å².